The zero-order chi connectivity index (χ0) is 18.9. The van der Waals surface area contributed by atoms with Crippen LogP contribution in [0.5, 0.6) is 11.5 Å². The maximum absolute atomic E-state index is 6.09. The van der Waals surface area contributed by atoms with Crippen LogP contribution in [-0.2, 0) is 6.42 Å². The summed E-state index contributed by atoms with van der Waals surface area (Å²) >= 11 is 0. The SMILES string of the molecule is COc1ccc(OC)c(NC(N)=NCC(Cc2ccccc2)N(C)C)c1.I. The molecule has 0 spiro atoms. The Kier molecular flexibility index (Phi) is 9.95. The molecule has 0 fully saturated rings. The predicted octanol–water partition coefficient (Wildman–Crippen LogP) is 3.22. The normalized spacial score (nSPS) is 12.3. The van der Waals surface area contributed by atoms with E-state index >= 15 is 0 Å². The van der Waals surface area contributed by atoms with Gasteiger partial charge in [-0.1, -0.05) is 30.3 Å². The molecule has 0 aliphatic rings. The molecular weight excluding hydrogens is 455 g/mol. The van der Waals surface area contributed by atoms with Crippen LogP contribution < -0.4 is 20.5 Å². The number of nitrogens with two attached hydrogens (primary N) is 1. The van der Waals surface area contributed by atoms with Crippen LogP contribution in [-0.4, -0.2) is 51.8 Å². The van der Waals surface area contributed by atoms with Gasteiger partial charge in [0, 0.05) is 12.1 Å². The molecule has 0 aliphatic heterocycles. The quantitative estimate of drug-likeness (QED) is 0.342. The zero-order valence-electron chi connectivity index (χ0n) is 16.3. The fraction of sp³-hybridized carbons (Fsp3) is 0.350. The van der Waals surface area contributed by atoms with Crippen LogP contribution >= 0.6 is 24.0 Å². The van der Waals surface area contributed by atoms with Crippen molar-refractivity contribution in [2.24, 2.45) is 10.7 Å². The highest BCUT2D eigenvalue weighted by Crippen LogP contribution is 2.28. The molecule has 0 saturated heterocycles. The van der Waals surface area contributed by atoms with Crippen LogP contribution in [0.15, 0.2) is 53.5 Å². The van der Waals surface area contributed by atoms with Gasteiger partial charge in [-0.05, 0) is 38.2 Å². The molecule has 1 unspecified atom stereocenters. The van der Waals surface area contributed by atoms with Crippen molar-refractivity contribution in [3.05, 3.63) is 54.1 Å². The van der Waals surface area contributed by atoms with Crippen molar-refractivity contribution >= 4 is 35.6 Å². The van der Waals surface area contributed by atoms with Gasteiger partial charge in [0.1, 0.15) is 11.5 Å². The molecule has 3 N–H and O–H groups in total. The van der Waals surface area contributed by atoms with Gasteiger partial charge in [-0.15, -0.1) is 24.0 Å². The van der Waals surface area contributed by atoms with Gasteiger partial charge < -0.3 is 25.4 Å². The van der Waals surface area contributed by atoms with Crippen molar-refractivity contribution < 1.29 is 9.47 Å². The number of nitrogens with one attached hydrogen (secondary N) is 1. The number of hydrogen-bond acceptors (Lipinski definition) is 4. The van der Waals surface area contributed by atoms with E-state index < -0.39 is 0 Å². The molecule has 0 aromatic heterocycles. The topological polar surface area (TPSA) is 72.1 Å². The number of benzene rings is 2. The molecule has 0 heterocycles. The molecule has 0 saturated carbocycles. The number of ether oxygens (including phenoxy) is 2. The van der Waals surface area contributed by atoms with Gasteiger partial charge in [-0.3, -0.25) is 4.99 Å². The Labute approximate surface area is 178 Å². The molecule has 2 aromatic carbocycles. The Morgan fingerprint density at radius 2 is 1.81 bits per heavy atom. The van der Waals surface area contributed by atoms with Crippen LogP contribution in [0.25, 0.3) is 0 Å². The van der Waals surface area contributed by atoms with Gasteiger partial charge in [-0.2, -0.15) is 0 Å². The number of anilines is 1. The van der Waals surface area contributed by atoms with E-state index in [4.69, 9.17) is 15.2 Å². The predicted molar refractivity (Wildman–Crippen MR) is 123 cm³/mol. The molecule has 27 heavy (non-hydrogen) atoms. The molecule has 0 amide bonds. The number of likely N-dealkylation sites (N-methyl/N-ethyl adjacent to an activating group) is 1. The zero-order valence-corrected chi connectivity index (χ0v) is 18.6. The van der Waals surface area contributed by atoms with Gasteiger partial charge >= 0.3 is 0 Å². The summed E-state index contributed by atoms with van der Waals surface area (Å²) in [7, 11) is 7.34. The van der Waals surface area contributed by atoms with Crippen molar-refractivity contribution in [1.29, 1.82) is 0 Å². The maximum atomic E-state index is 6.09. The van der Waals surface area contributed by atoms with E-state index in [2.05, 4.69) is 53.6 Å². The summed E-state index contributed by atoms with van der Waals surface area (Å²) in [6, 6.07) is 16.1. The van der Waals surface area contributed by atoms with Crippen molar-refractivity contribution in [3.63, 3.8) is 0 Å². The second-order valence-corrected chi connectivity index (χ2v) is 6.22. The number of rotatable bonds is 8. The molecule has 0 bridgehead atoms. The number of halogens is 1. The highest BCUT2D eigenvalue weighted by Gasteiger charge is 2.12. The van der Waals surface area contributed by atoms with Crippen molar-refractivity contribution in [2.45, 2.75) is 12.5 Å². The lowest BCUT2D eigenvalue weighted by atomic mass is 10.1. The lowest BCUT2D eigenvalue weighted by molar-refractivity contribution is 0.298. The lowest BCUT2D eigenvalue weighted by Gasteiger charge is -2.23. The minimum absolute atomic E-state index is 0. The minimum Gasteiger partial charge on any atom is -0.497 e. The van der Waals surface area contributed by atoms with E-state index in [9.17, 15) is 0 Å². The summed E-state index contributed by atoms with van der Waals surface area (Å²) in [5.41, 5.74) is 8.09. The van der Waals surface area contributed by atoms with Gasteiger partial charge in [0.2, 0.25) is 0 Å². The first kappa shape index (κ1) is 23.0. The van der Waals surface area contributed by atoms with Crippen molar-refractivity contribution in [3.8, 4) is 11.5 Å². The summed E-state index contributed by atoms with van der Waals surface area (Å²) in [4.78, 5) is 6.68. The monoisotopic (exact) mass is 484 g/mol. The molecule has 0 radical (unpaired) electrons. The van der Waals surface area contributed by atoms with Crippen molar-refractivity contribution in [2.75, 3.05) is 40.2 Å². The first-order valence-corrected chi connectivity index (χ1v) is 8.52. The smallest absolute Gasteiger partial charge is 0.193 e. The van der Waals surface area contributed by atoms with Gasteiger partial charge in [0.05, 0.1) is 26.5 Å². The molecule has 2 rings (SSSR count). The molecule has 1 atom stereocenters. The van der Waals surface area contributed by atoms with E-state index in [-0.39, 0.29) is 30.0 Å². The molecule has 7 heteroatoms. The first-order valence-electron chi connectivity index (χ1n) is 8.52. The van der Waals surface area contributed by atoms with Crippen molar-refractivity contribution in [1.82, 2.24) is 4.90 Å². The summed E-state index contributed by atoms with van der Waals surface area (Å²) in [5, 5.41) is 3.10. The Morgan fingerprint density at radius 1 is 1.11 bits per heavy atom. The first-order chi connectivity index (χ1) is 12.5. The Morgan fingerprint density at radius 3 is 2.41 bits per heavy atom. The minimum atomic E-state index is 0. The summed E-state index contributed by atoms with van der Waals surface area (Å²) in [6.45, 7) is 0.590. The second kappa shape index (κ2) is 11.7. The van der Waals surface area contributed by atoms with Crippen LogP contribution in [0.3, 0.4) is 0 Å². The number of nitrogens with zero attached hydrogens (tertiary/aromatic N) is 2. The number of hydrogen-bond donors (Lipinski definition) is 2. The number of aliphatic imine (C=N–C) groups is 1. The number of methoxy groups -OCH3 is 2. The summed E-state index contributed by atoms with van der Waals surface area (Å²) < 4.78 is 10.6. The second-order valence-electron chi connectivity index (χ2n) is 6.22. The third-order valence-electron chi connectivity index (χ3n) is 4.19. The Hall–Kier alpha value is -2.00. The fourth-order valence-electron chi connectivity index (χ4n) is 2.59. The van der Waals surface area contributed by atoms with Crippen LogP contribution in [0.4, 0.5) is 5.69 Å². The third-order valence-corrected chi connectivity index (χ3v) is 4.19. The van der Waals surface area contributed by atoms with E-state index in [0.29, 0.717) is 18.3 Å². The summed E-state index contributed by atoms with van der Waals surface area (Å²) in [5.74, 6) is 1.74. The summed E-state index contributed by atoms with van der Waals surface area (Å²) in [6.07, 6.45) is 0.910. The maximum Gasteiger partial charge on any atom is 0.193 e. The highest BCUT2D eigenvalue weighted by molar-refractivity contribution is 14.0. The van der Waals surface area contributed by atoms with E-state index in [1.54, 1.807) is 14.2 Å². The molecule has 2 aromatic rings. The van der Waals surface area contributed by atoms with Crippen LogP contribution in [0.1, 0.15) is 5.56 Å². The lowest BCUT2D eigenvalue weighted by Crippen LogP contribution is -2.34. The van der Waals surface area contributed by atoms with E-state index in [1.807, 2.05) is 24.3 Å². The van der Waals surface area contributed by atoms with Gasteiger partial charge in [0.15, 0.2) is 5.96 Å². The standard InChI is InChI=1S/C20H28N4O2.HI/c1-24(2)16(12-15-8-6-5-7-9-15)14-22-20(21)23-18-13-17(25-3)10-11-19(18)26-4;/h5-11,13,16H,12,14H2,1-4H3,(H3,21,22,23);1H. The number of guanidine groups is 1. The van der Waals surface area contributed by atoms with Crippen LogP contribution in [0, 0.1) is 0 Å². The van der Waals surface area contributed by atoms with E-state index in [1.165, 1.54) is 5.56 Å². The highest BCUT2D eigenvalue weighted by atomic mass is 127. The average molecular weight is 484 g/mol. The fourth-order valence-corrected chi connectivity index (χ4v) is 2.59. The Bertz CT molecular complexity index is 723. The average Bonchev–Trinajstić information content (AvgIpc) is 2.65. The van der Waals surface area contributed by atoms with Gasteiger partial charge in [-0.25, -0.2) is 0 Å². The van der Waals surface area contributed by atoms with Crippen LogP contribution in [0.2, 0.25) is 0 Å². The Balaban J connectivity index is 0.00000364. The third kappa shape index (κ3) is 7.26. The molecule has 0 aliphatic carbocycles. The molecule has 148 valence electrons. The van der Waals surface area contributed by atoms with Gasteiger partial charge in [0.25, 0.3) is 0 Å². The molecule has 6 nitrogen and oxygen atoms in total. The van der Waals surface area contributed by atoms with E-state index in [0.717, 1.165) is 17.9 Å². The molecular formula is C20H29IN4O2. The largest absolute Gasteiger partial charge is 0.497 e.